The number of rotatable bonds is 6. The first-order valence-electron chi connectivity index (χ1n) is 10.8. The number of ether oxygens (including phenoxy) is 1. The first-order valence-corrected chi connectivity index (χ1v) is 11.7. The number of carbonyl (C=O) groups is 1. The standard InChI is InChI=1S/C23H31N3O2S/c1-25(21-5-3-2-4-6-21)22(27)15-20-17-29-23(24-20)19-9-7-18(8-10-19)16-26-11-13-28-14-12-26/h7-10,17,21H,2-6,11-16H2,1H3. The van der Waals surface area contributed by atoms with Gasteiger partial charge in [0.25, 0.3) is 0 Å². The number of nitrogens with zero attached hydrogens (tertiary/aromatic N) is 3. The Labute approximate surface area is 177 Å². The van der Waals surface area contributed by atoms with Gasteiger partial charge in [0.1, 0.15) is 5.01 Å². The molecule has 1 saturated carbocycles. The van der Waals surface area contributed by atoms with Crippen LogP contribution < -0.4 is 0 Å². The number of carbonyl (C=O) groups excluding carboxylic acids is 1. The number of aromatic nitrogens is 1. The molecule has 1 aliphatic carbocycles. The van der Waals surface area contributed by atoms with E-state index in [0.717, 1.165) is 62.0 Å². The van der Waals surface area contributed by atoms with Crippen molar-refractivity contribution in [1.82, 2.24) is 14.8 Å². The van der Waals surface area contributed by atoms with Gasteiger partial charge in [0.05, 0.1) is 25.3 Å². The van der Waals surface area contributed by atoms with E-state index in [9.17, 15) is 4.79 Å². The highest BCUT2D eigenvalue weighted by Crippen LogP contribution is 2.26. The van der Waals surface area contributed by atoms with E-state index in [0.29, 0.717) is 12.5 Å². The number of amides is 1. The Kier molecular flexibility index (Phi) is 6.95. The maximum Gasteiger partial charge on any atom is 0.228 e. The molecule has 2 aliphatic rings. The van der Waals surface area contributed by atoms with Crippen LogP contribution in [0.2, 0.25) is 0 Å². The summed E-state index contributed by atoms with van der Waals surface area (Å²) in [5.74, 6) is 0.189. The van der Waals surface area contributed by atoms with Crippen LogP contribution in [0.25, 0.3) is 10.6 Å². The van der Waals surface area contributed by atoms with Crippen molar-refractivity contribution in [3.8, 4) is 10.6 Å². The van der Waals surface area contributed by atoms with Crippen LogP contribution in [-0.2, 0) is 22.5 Å². The molecule has 0 atom stereocenters. The van der Waals surface area contributed by atoms with Gasteiger partial charge in [0.2, 0.25) is 5.91 Å². The number of likely N-dealkylation sites (N-methyl/N-ethyl adjacent to an activating group) is 1. The van der Waals surface area contributed by atoms with Gasteiger partial charge in [-0.2, -0.15) is 0 Å². The maximum atomic E-state index is 12.7. The number of benzene rings is 1. The SMILES string of the molecule is CN(C(=O)Cc1csc(-c2ccc(CN3CCOCC3)cc2)n1)C1CCCCC1. The third-order valence-electron chi connectivity index (χ3n) is 6.11. The first kappa shape index (κ1) is 20.5. The van der Waals surface area contributed by atoms with Crippen molar-refractivity contribution >= 4 is 17.2 Å². The van der Waals surface area contributed by atoms with Gasteiger partial charge < -0.3 is 9.64 Å². The highest BCUT2D eigenvalue weighted by atomic mass is 32.1. The Hall–Kier alpha value is -1.76. The molecule has 0 radical (unpaired) electrons. The van der Waals surface area contributed by atoms with Crippen molar-refractivity contribution in [2.75, 3.05) is 33.4 Å². The molecule has 0 N–H and O–H groups in total. The molecule has 6 heteroatoms. The lowest BCUT2D eigenvalue weighted by atomic mass is 9.94. The minimum atomic E-state index is 0.189. The molecule has 1 aliphatic heterocycles. The van der Waals surface area contributed by atoms with Gasteiger partial charge in [-0.15, -0.1) is 11.3 Å². The van der Waals surface area contributed by atoms with E-state index in [-0.39, 0.29) is 5.91 Å². The number of hydrogen-bond acceptors (Lipinski definition) is 5. The van der Waals surface area contributed by atoms with Crippen LogP contribution in [0.1, 0.15) is 43.4 Å². The van der Waals surface area contributed by atoms with Crippen molar-refractivity contribution in [2.24, 2.45) is 0 Å². The molecule has 2 heterocycles. The molecule has 2 fully saturated rings. The highest BCUT2D eigenvalue weighted by molar-refractivity contribution is 7.13. The zero-order valence-electron chi connectivity index (χ0n) is 17.3. The molecule has 1 aromatic heterocycles. The minimum absolute atomic E-state index is 0.189. The topological polar surface area (TPSA) is 45.7 Å². The van der Waals surface area contributed by atoms with E-state index < -0.39 is 0 Å². The summed E-state index contributed by atoms with van der Waals surface area (Å²) in [4.78, 5) is 21.8. The zero-order valence-corrected chi connectivity index (χ0v) is 18.1. The van der Waals surface area contributed by atoms with E-state index in [4.69, 9.17) is 9.72 Å². The Morgan fingerprint density at radius 1 is 1.17 bits per heavy atom. The second kappa shape index (κ2) is 9.83. The Morgan fingerprint density at radius 2 is 1.90 bits per heavy atom. The quantitative estimate of drug-likeness (QED) is 0.719. The molecule has 2 aromatic rings. The summed E-state index contributed by atoms with van der Waals surface area (Å²) in [6.45, 7) is 4.62. The predicted molar refractivity (Wildman–Crippen MR) is 117 cm³/mol. The van der Waals surface area contributed by atoms with Gasteiger partial charge in [-0.25, -0.2) is 4.98 Å². The second-order valence-corrected chi connectivity index (χ2v) is 9.06. The van der Waals surface area contributed by atoms with Crippen molar-refractivity contribution < 1.29 is 9.53 Å². The summed E-state index contributed by atoms with van der Waals surface area (Å²) in [7, 11) is 1.96. The molecule has 1 saturated heterocycles. The normalized spacial score (nSPS) is 18.7. The molecule has 156 valence electrons. The van der Waals surface area contributed by atoms with Crippen molar-refractivity contribution in [1.29, 1.82) is 0 Å². The van der Waals surface area contributed by atoms with Crippen molar-refractivity contribution in [3.05, 3.63) is 40.9 Å². The fourth-order valence-electron chi connectivity index (χ4n) is 4.24. The van der Waals surface area contributed by atoms with Gasteiger partial charge >= 0.3 is 0 Å². The molecule has 5 nitrogen and oxygen atoms in total. The van der Waals surface area contributed by atoms with Crippen LogP contribution in [0.3, 0.4) is 0 Å². The molecule has 29 heavy (non-hydrogen) atoms. The molecule has 0 unspecified atom stereocenters. The van der Waals surface area contributed by atoms with E-state index in [1.54, 1.807) is 11.3 Å². The van der Waals surface area contributed by atoms with Crippen molar-refractivity contribution in [2.45, 2.75) is 51.1 Å². The summed E-state index contributed by atoms with van der Waals surface area (Å²) >= 11 is 1.62. The summed E-state index contributed by atoms with van der Waals surface area (Å²) in [5, 5.41) is 3.02. The molecular weight excluding hydrogens is 382 g/mol. The summed E-state index contributed by atoms with van der Waals surface area (Å²) < 4.78 is 5.42. The lowest BCUT2D eigenvalue weighted by Crippen LogP contribution is -2.39. The van der Waals surface area contributed by atoms with Gasteiger partial charge in [-0.05, 0) is 18.4 Å². The van der Waals surface area contributed by atoms with E-state index >= 15 is 0 Å². The number of morpholine rings is 1. The molecular formula is C23H31N3O2S. The predicted octanol–water partition coefficient (Wildman–Crippen LogP) is 3.98. The van der Waals surface area contributed by atoms with Gasteiger partial charge in [-0.1, -0.05) is 43.5 Å². The molecule has 4 rings (SSSR count). The fourth-order valence-corrected chi connectivity index (χ4v) is 5.07. The van der Waals surface area contributed by atoms with Crippen LogP contribution in [0, 0.1) is 0 Å². The Morgan fingerprint density at radius 3 is 2.62 bits per heavy atom. The number of hydrogen-bond donors (Lipinski definition) is 0. The summed E-state index contributed by atoms with van der Waals surface area (Å²) in [6.07, 6.45) is 6.47. The molecule has 0 spiro atoms. The monoisotopic (exact) mass is 413 g/mol. The molecule has 0 bridgehead atoms. The highest BCUT2D eigenvalue weighted by Gasteiger charge is 2.22. The average molecular weight is 414 g/mol. The lowest BCUT2D eigenvalue weighted by molar-refractivity contribution is -0.131. The van der Waals surface area contributed by atoms with Gasteiger partial charge in [0.15, 0.2) is 0 Å². The van der Waals surface area contributed by atoms with Crippen LogP contribution in [0.15, 0.2) is 29.6 Å². The van der Waals surface area contributed by atoms with Crippen molar-refractivity contribution in [3.63, 3.8) is 0 Å². The smallest absolute Gasteiger partial charge is 0.228 e. The maximum absolute atomic E-state index is 12.7. The third kappa shape index (κ3) is 5.44. The van der Waals surface area contributed by atoms with Gasteiger partial charge in [0, 0.05) is 43.7 Å². The van der Waals surface area contributed by atoms with E-state index in [1.165, 1.54) is 24.8 Å². The van der Waals surface area contributed by atoms with E-state index in [1.807, 2.05) is 17.3 Å². The Balaban J connectivity index is 1.33. The average Bonchev–Trinajstić information content (AvgIpc) is 3.23. The summed E-state index contributed by atoms with van der Waals surface area (Å²) in [6, 6.07) is 9.08. The summed E-state index contributed by atoms with van der Waals surface area (Å²) in [5.41, 5.74) is 3.33. The first-order chi connectivity index (χ1) is 14.2. The largest absolute Gasteiger partial charge is 0.379 e. The number of thiazole rings is 1. The van der Waals surface area contributed by atoms with Crippen LogP contribution in [0.4, 0.5) is 0 Å². The lowest BCUT2D eigenvalue weighted by Gasteiger charge is -2.31. The van der Waals surface area contributed by atoms with Crippen LogP contribution >= 0.6 is 11.3 Å². The van der Waals surface area contributed by atoms with Crippen LogP contribution in [-0.4, -0.2) is 60.1 Å². The fraction of sp³-hybridized carbons (Fsp3) is 0.565. The minimum Gasteiger partial charge on any atom is -0.379 e. The molecule has 1 aromatic carbocycles. The second-order valence-electron chi connectivity index (χ2n) is 8.20. The molecule has 1 amide bonds. The third-order valence-corrected chi connectivity index (χ3v) is 7.05. The van der Waals surface area contributed by atoms with Crippen LogP contribution in [0.5, 0.6) is 0 Å². The van der Waals surface area contributed by atoms with E-state index in [2.05, 4.69) is 29.2 Å². The Bertz CT molecular complexity index is 793. The van der Waals surface area contributed by atoms with Gasteiger partial charge in [-0.3, -0.25) is 9.69 Å². The zero-order chi connectivity index (χ0) is 20.1.